The molecule has 82 valence electrons. The van der Waals surface area contributed by atoms with Gasteiger partial charge in [-0.25, -0.2) is 4.39 Å². The van der Waals surface area contributed by atoms with E-state index < -0.39 is 0 Å². The number of rotatable bonds is 6. The van der Waals surface area contributed by atoms with Crippen molar-refractivity contribution in [2.75, 3.05) is 19.6 Å². The maximum absolute atomic E-state index is 12.9. The van der Waals surface area contributed by atoms with Crippen LogP contribution in [-0.2, 0) is 6.54 Å². The minimum Gasteiger partial charge on any atom is -0.329 e. The lowest BCUT2D eigenvalue weighted by atomic mass is 10.2. The molecular weight excluding hydrogens is 191 g/mol. The summed E-state index contributed by atoms with van der Waals surface area (Å²) in [5.41, 5.74) is 6.46. The third kappa shape index (κ3) is 4.23. The average Bonchev–Trinajstić information content (AvgIpc) is 2.18. The molecule has 2 nitrogen and oxygen atoms in total. The van der Waals surface area contributed by atoms with Crippen molar-refractivity contribution in [3.05, 3.63) is 48.3 Å². The van der Waals surface area contributed by atoms with Gasteiger partial charge in [-0.2, -0.15) is 0 Å². The summed E-state index contributed by atoms with van der Waals surface area (Å²) in [6, 6.07) is 6.63. The van der Waals surface area contributed by atoms with E-state index in [-0.39, 0.29) is 5.82 Å². The zero-order valence-corrected chi connectivity index (χ0v) is 8.82. The van der Waals surface area contributed by atoms with Crippen LogP contribution in [0.15, 0.2) is 36.9 Å². The Bertz CT molecular complexity index is 312. The normalized spacial score (nSPS) is 10.6. The zero-order valence-electron chi connectivity index (χ0n) is 8.82. The minimum absolute atomic E-state index is 0.196. The number of benzene rings is 1. The van der Waals surface area contributed by atoms with E-state index >= 15 is 0 Å². The maximum atomic E-state index is 12.9. The molecule has 0 aliphatic heterocycles. The summed E-state index contributed by atoms with van der Waals surface area (Å²) in [5, 5.41) is 0. The second-order valence-corrected chi connectivity index (χ2v) is 3.44. The van der Waals surface area contributed by atoms with Gasteiger partial charge in [0.2, 0.25) is 0 Å². The Labute approximate surface area is 90.2 Å². The molecule has 1 aromatic rings. The molecule has 0 spiro atoms. The predicted molar refractivity (Wildman–Crippen MR) is 60.9 cm³/mol. The van der Waals surface area contributed by atoms with Crippen molar-refractivity contribution in [2.45, 2.75) is 6.54 Å². The van der Waals surface area contributed by atoms with Crippen LogP contribution in [0.25, 0.3) is 0 Å². The first kappa shape index (κ1) is 11.9. The van der Waals surface area contributed by atoms with Gasteiger partial charge in [0, 0.05) is 26.2 Å². The molecule has 0 aliphatic carbocycles. The van der Waals surface area contributed by atoms with E-state index in [2.05, 4.69) is 11.5 Å². The van der Waals surface area contributed by atoms with Crippen LogP contribution >= 0.6 is 0 Å². The number of halogens is 1. The lowest BCUT2D eigenvalue weighted by Gasteiger charge is -2.19. The molecule has 15 heavy (non-hydrogen) atoms. The molecule has 0 bridgehead atoms. The molecule has 0 atom stereocenters. The van der Waals surface area contributed by atoms with Crippen LogP contribution in [0.4, 0.5) is 4.39 Å². The lowest BCUT2D eigenvalue weighted by Crippen LogP contribution is -2.29. The summed E-state index contributed by atoms with van der Waals surface area (Å²) in [6.45, 7) is 6.56. The highest BCUT2D eigenvalue weighted by Crippen LogP contribution is 2.06. The first-order valence-corrected chi connectivity index (χ1v) is 5.04. The smallest absolute Gasteiger partial charge is 0.123 e. The molecule has 0 radical (unpaired) electrons. The number of nitrogens with zero attached hydrogens (tertiary/aromatic N) is 1. The highest BCUT2D eigenvalue weighted by molar-refractivity contribution is 5.16. The van der Waals surface area contributed by atoms with Crippen molar-refractivity contribution in [1.29, 1.82) is 0 Å². The first-order valence-electron chi connectivity index (χ1n) is 5.04. The highest BCUT2D eigenvalue weighted by Gasteiger charge is 2.03. The summed E-state index contributed by atoms with van der Waals surface area (Å²) in [6.07, 6.45) is 1.83. The molecule has 0 aliphatic rings. The largest absolute Gasteiger partial charge is 0.329 e. The fourth-order valence-corrected chi connectivity index (χ4v) is 1.49. The quantitative estimate of drug-likeness (QED) is 0.722. The Hall–Kier alpha value is -1.19. The molecule has 0 saturated carbocycles. The summed E-state index contributed by atoms with van der Waals surface area (Å²) in [5.74, 6) is -0.196. The standard InChI is InChI=1S/C12H17FN2/c1-2-7-15(8-6-14)10-11-4-3-5-12(13)9-11/h2-5,9H,1,6-8,10,14H2. The Morgan fingerprint density at radius 1 is 1.47 bits per heavy atom. The Morgan fingerprint density at radius 2 is 2.27 bits per heavy atom. The van der Waals surface area contributed by atoms with Gasteiger partial charge < -0.3 is 5.73 Å². The number of nitrogens with two attached hydrogens (primary N) is 1. The van der Waals surface area contributed by atoms with Crippen LogP contribution in [0, 0.1) is 5.82 Å². The van der Waals surface area contributed by atoms with Crippen molar-refractivity contribution >= 4 is 0 Å². The van der Waals surface area contributed by atoms with Crippen LogP contribution in [0.1, 0.15) is 5.56 Å². The van der Waals surface area contributed by atoms with E-state index in [1.165, 1.54) is 6.07 Å². The van der Waals surface area contributed by atoms with Crippen molar-refractivity contribution < 1.29 is 4.39 Å². The van der Waals surface area contributed by atoms with E-state index in [9.17, 15) is 4.39 Å². The first-order chi connectivity index (χ1) is 7.26. The van der Waals surface area contributed by atoms with Crippen LogP contribution in [0.2, 0.25) is 0 Å². The predicted octanol–water partition coefficient (Wildman–Crippen LogP) is 1.77. The zero-order chi connectivity index (χ0) is 11.1. The lowest BCUT2D eigenvalue weighted by molar-refractivity contribution is 0.302. The van der Waals surface area contributed by atoms with Gasteiger partial charge in [0.1, 0.15) is 5.82 Å². The summed E-state index contributed by atoms with van der Waals surface area (Å²) in [7, 11) is 0. The average molecular weight is 208 g/mol. The van der Waals surface area contributed by atoms with Crippen LogP contribution in [0.5, 0.6) is 0 Å². The SMILES string of the molecule is C=CCN(CCN)Cc1cccc(F)c1. The van der Waals surface area contributed by atoms with Crippen LogP contribution < -0.4 is 5.73 Å². The second kappa shape index (κ2) is 6.32. The molecule has 0 aromatic heterocycles. The van der Waals surface area contributed by atoms with Crippen LogP contribution in [-0.4, -0.2) is 24.5 Å². The van der Waals surface area contributed by atoms with Crippen LogP contribution in [0.3, 0.4) is 0 Å². The van der Waals surface area contributed by atoms with E-state index in [0.29, 0.717) is 13.1 Å². The van der Waals surface area contributed by atoms with Gasteiger partial charge in [-0.15, -0.1) is 6.58 Å². The fraction of sp³-hybridized carbons (Fsp3) is 0.333. The van der Waals surface area contributed by atoms with Gasteiger partial charge in [0.05, 0.1) is 0 Å². The molecule has 2 N–H and O–H groups in total. The van der Waals surface area contributed by atoms with E-state index in [4.69, 9.17) is 5.73 Å². The fourth-order valence-electron chi connectivity index (χ4n) is 1.49. The van der Waals surface area contributed by atoms with Crippen molar-refractivity contribution in [2.24, 2.45) is 5.73 Å². The highest BCUT2D eigenvalue weighted by atomic mass is 19.1. The molecule has 1 aromatic carbocycles. The van der Waals surface area contributed by atoms with Gasteiger partial charge in [-0.05, 0) is 17.7 Å². The minimum atomic E-state index is -0.196. The number of hydrogen-bond acceptors (Lipinski definition) is 2. The third-order valence-electron chi connectivity index (χ3n) is 2.13. The molecule has 0 amide bonds. The molecular formula is C12H17FN2. The van der Waals surface area contributed by atoms with Crippen molar-refractivity contribution in [3.8, 4) is 0 Å². The molecule has 0 unspecified atom stereocenters. The molecule has 0 heterocycles. The third-order valence-corrected chi connectivity index (χ3v) is 2.13. The van der Waals surface area contributed by atoms with E-state index in [0.717, 1.165) is 18.7 Å². The maximum Gasteiger partial charge on any atom is 0.123 e. The van der Waals surface area contributed by atoms with Gasteiger partial charge in [-0.1, -0.05) is 18.2 Å². The van der Waals surface area contributed by atoms with E-state index in [1.807, 2.05) is 12.1 Å². The monoisotopic (exact) mass is 208 g/mol. The van der Waals surface area contributed by atoms with Gasteiger partial charge in [-0.3, -0.25) is 4.90 Å². The van der Waals surface area contributed by atoms with Crippen molar-refractivity contribution in [1.82, 2.24) is 4.90 Å². The van der Waals surface area contributed by atoms with Gasteiger partial charge in [0.15, 0.2) is 0 Å². The Morgan fingerprint density at radius 3 is 2.87 bits per heavy atom. The number of hydrogen-bond donors (Lipinski definition) is 1. The second-order valence-electron chi connectivity index (χ2n) is 3.44. The topological polar surface area (TPSA) is 29.3 Å². The summed E-state index contributed by atoms with van der Waals surface area (Å²) < 4.78 is 12.9. The molecule has 0 fully saturated rings. The summed E-state index contributed by atoms with van der Waals surface area (Å²) >= 11 is 0. The molecule has 1 rings (SSSR count). The van der Waals surface area contributed by atoms with Gasteiger partial charge >= 0.3 is 0 Å². The Kier molecular flexibility index (Phi) is 5.01. The molecule has 3 heteroatoms. The van der Waals surface area contributed by atoms with E-state index in [1.54, 1.807) is 12.1 Å². The molecule has 0 saturated heterocycles. The summed E-state index contributed by atoms with van der Waals surface area (Å²) in [4.78, 5) is 2.13. The Balaban J connectivity index is 2.60. The van der Waals surface area contributed by atoms with Crippen molar-refractivity contribution in [3.63, 3.8) is 0 Å². The van der Waals surface area contributed by atoms with Gasteiger partial charge in [0.25, 0.3) is 0 Å².